The number of unbranched alkanes of at least 4 members (excludes halogenated alkanes) is 2. The molecule has 1 nitrogen and oxygen atoms in total. The number of nitrogens with zero attached hydrogens (tertiary/aromatic N) is 1. The van der Waals surface area contributed by atoms with Gasteiger partial charge in [-0.2, -0.15) is 5.26 Å². The molecule has 202 valence electrons. The van der Waals surface area contributed by atoms with Crippen LogP contribution in [-0.2, 0) is 0 Å². The van der Waals surface area contributed by atoms with Gasteiger partial charge in [-0.15, -0.1) is 0 Å². The van der Waals surface area contributed by atoms with E-state index in [0.29, 0.717) is 11.8 Å². The molecule has 0 spiro atoms. The van der Waals surface area contributed by atoms with E-state index in [9.17, 15) is 0 Å². The van der Waals surface area contributed by atoms with E-state index in [1.807, 2.05) is 12.1 Å². The zero-order valence-corrected chi connectivity index (χ0v) is 23.8. The minimum Gasteiger partial charge on any atom is -0.192 e. The van der Waals surface area contributed by atoms with Crippen LogP contribution >= 0.6 is 0 Å². The second-order valence-corrected chi connectivity index (χ2v) is 12.2. The van der Waals surface area contributed by atoms with Gasteiger partial charge >= 0.3 is 0 Å². The Labute approximate surface area is 237 Å². The van der Waals surface area contributed by atoms with Crippen LogP contribution in [0, 0.1) is 23.2 Å². The van der Waals surface area contributed by atoms with Crippen molar-refractivity contribution in [3.8, 4) is 17.2 Å². The van der Waals surface area contributed by atoms with Crippen LogP contribution in [0.2, 0.25) is 0 Å². The number of hydrogen-bond donors (Lipinski definition) is 0. The molecule has 3 aromatic carbocycles. The Morgan fingerprint density at radius 2 is 1.21 bits per heavy atom. The quantitative estimate of drug-likeness (QED) is 0.260. The number of rotatable bonds is 9. The lowest BCUT2D eigenvalue weighted by molar-refractivity contribution is 0.303. The normalized spacial score (nSPS) is 23.5. The molecule has 2 aliphatic rings. The maximum atomic E-state index is 9.03. The van der Waals surface area contributed by atoms with Crippen molar-refractivity contribution < 1.29 is 0 Å². The van der Waals surface area contributed by atoms with E-state index in [4.69, 9.17) is 5.26 Å². The molecule has 1 heteroatoms. The van der Waals surface area contributed by atoms with Crippen LogP contribution in [0.5, 0.6) is 0 Å². The summed E-state index contributed by atoms with van der Waals surface area (Å²) in [5.41, 5.74) is 7.61. The Bertz CT molecular complexity index is 1210. The Morgan fingerprint density at radius 3 is 1.77 bits per heavy atom. The van der Waals surface area contributed by atoms with Gasteiger partial charge in [-0.1, -0.05) is 105 Å². The molecule has 2 saturated carbocycles. The predicted molar refractivity (Wildman–Crippen MR) is 166 cm³/mol. The van der Waals surface area contributed by atoms with E-state index in [1.165, 1.54) is 99.3 Å². The highest BCUT2D eigenvalue weighted by atomic mass is 14.3. The molecule has 0 heterocycles. The molecule has 0 atom stereocenters. The third-order valence-corrected chi connectivity index (χ3v) is 9.53. The molecule has 0 N–H and O–H groups in total. The van der Waals surface area contributed by atoms with Gasteiger partial charge in [0.2, 0.25) is 0 Å². The van der Waals surface area contributed by atoms with E-state index in [1.54, 1.807) is 5.56 Å². The van der Waals surface area contributed by atoms with Gasteiger partial charge in [-0.3, -0.25) is 0 Å². The molecular weight excluding hydrogens is 470 g/mol. The molecule has 0 aliphatic heterocycles. The van der Waals surface area contributed by atoms with Gasteiger partial charge in [-0.25, -0.2) is 0 Å². The third kappa shape index (κ3) is 7.51. The summed E-state index contributed by atoms with van der Waals surface area (Å²) in [5, 5.41) is 9.03. The molecule has 2 fully saturated rings. The highest BCUT2D eigenvalue weighted by Gasteiger charge is 2.22. The molecular formula is C38H45N. The molecule has 0 saturated heterocycles. The van der Waals surface area contributed by atoms with Crippen molar-refractivity contribution in [2.24, 2.45) is 11.8 Å². The zero-order valence-electron chi connectivity index (χ0n) is 23.8. The largest absolute Gasteiger partial charge is 0.192 e. The Morgan fingerprint density at radius 1 is 0.667 bits per heavy atom. The first kappa shape index (κ1) is 27.5. The van der Waals surface area contributed by atoms with Gasteiger partial charge in [0.05, 0.1) is 11.6 Å². The molecule has 0 bridgehead atoms. The summed E-state index contributed by atoms with van der Waals surface area (Å²) in [6.45, 7) is 2.31. The van der Waals surface area contributed by atoms with Crippen LogP contribution in [-0.4, -0.2) is 0 Å². The summed E-state index contributed by atoms with van der Waals surface area (Å²) in [5.74, 6) is 3.04. The van der Waals surface area contributed by atoms with Crippen LogP contribution < -0.4 is 0 Å². The van der Waals surface area contributed by atoms with Gasteiger partial charge < -0.3 is 0 Å². The van der Waals surface area contributed by atoms with E-state index in [-0.39, 0.29) is 0 Å². The highest BCUT2D eigenvalue weighted by molar-refractivity contribution is 5.66. The summed E-state index contributed by atoms with van der Waals surface area (Å²) >= 11 is 0. The lowest BCUT2D eigenvalue weighted by Gasteiger charge is -2.29. The highest BCUT2D eigenvalue weighted by Crippen LogP contribution is 2.39. The van der Waals surface area contributed by atoms with E-state index in [2.05, 4.69) is 85.8 Å². The van der Waals surface area contributed by atoms with Crippen molar-refractivity contribution in [1.29, 1.82) is 5.26 Å². The van der Waals surface area contributed by atoms with Crippen molar-refractivity contribution in [2.75, 3.05) is 0 Å². The zero-order chi connectivity index (χ0) is 26.9. The average Bonchev–Trinajstić information content (AvgIpc) is 3.01. The Kier molecular flexibility index (Phi) is 9.71. The summed E-state index contributed by atoms with van der Waals surface area (Å²) < 4.78 is 0. The molecule has 0 amide bonds. The fourth-order valence-corrected chi connectivity index (χ4v) is 6.92. The number of benzene rings is 3. The van der Waals surface area contributed by atoms with Crippen molar-refractivity contribution >= 4 is 6.08 Å². The van der Waals surface area contributed by atoms with Gasteiger partial charge in [0.1, 0.15) is 0 Å². The van der Waals surface area contributed by atoms with Crippen molar-refractivity contribution in [3.63, 3.8) is 0 Å². The lowest BCUT2D eigenvalue weighted by Crippen LogP contribution is -2.13. The molecule has 0 radical (unpaired) electrons. The topological polar surface area (TPSA) is 23.8 Å². The number of hydrogen-bond acceptors (Lipinski definition) is 1. The van der Waals surface area contributed by atoms with Crippen molar-refractivity contribution in [3.05, 3.63) is 101 Å². The van der Waals surface area contributed by atoms with Crippen LogP contribution in [0.1, 0.15) is 118 Å². The fourth-order valence-electron chi connectivity index (χ4n) is 6.92. The second kappa shape index (κ2) is 13.8. The van der Waals surface area contributed by atoms with Gasteiger partial charge in [0.25, 0.3) is 0 Å². The van der Waals surface area contributed by atoms with Crippen molar-refractivity contribution in [1.82, 2.24) is 0 Å². The summed E-state index contributed by atoms with van der Waals surface area (Å²) in [4.78, 5) is 0. The van der Waals surface area contributed by atoms with Crippen LogP contribution in [0.25, 0.3) is 17.2 Å². The standard InChI is InChI=1S/C38H45N/c1-2-3-4-5-29-8-16-34(17-9-29)37-24-26-38(27-25-37)35-20-12-31(13-21-35)7-6-30-10-18-33(19-11-30)36-22-14-32(28-39)15-23-36/h6-7,12-15,20-27,29-30,33-34H,2-5,8-11,16-19H2,1H3/b7-6+. The fraction of sp³-hybridized carbons (Fsp3) is 0.447. The number of nitriles is 1. The minimum atomic E-state index is 0.638. The maximum absolute atomic E-state index is 9.03. The molecule has 3 aromatic rings. The minimum absolute atomic E-state index is 0.638. The molecule has 39 heavy (non-hydrogen) atoms. The summed E-state index contributed by atoms with van der Waals surface area (Å²) in [6.07, 6.45) is 20.9. The Hall–Kier alpha value is -3.11. The Balaban J connectivity index is 1.09. The van der Waals surface area contributed by atoms with E-state index in [0.717, 1.165) is 17.4 Å². The number of allylic oxidation sites excluding steroid dienone is 1. The lowest BCUT2D eigenvalue weighted by atomic mass is 9.77. The first-order chi connectivity index (χ1) is 19.2. The molecule has 0 unspecified atom stereocenters. The molecule has 2 aliphatic carbocycles. The second-order valence-electron chi connectivity index (χ2n) is 12.2. The monoisotopic (exact) mass is 515 g/mol. The first-order valence-corrected chi connectivity index (χ1v) is 15.6. The van der Waals surface area contributed by atoms with Gasteiger partial charge in [0.15, 0.2) is 0 Å². The van der Waals surface area contributed by atoms with E-state index >= 15 is 0 Å². The molecule has 0 aromatic heterocycles. The molecule has 5 rings (SSSR count). The predicted octanol–water partition coefficient (Wildman–Crippen LogP) is 11.1. The summed E-state index contributed by atoms with van der Waals surface area (Å²) in [7, 11) is 0. The first-order valence-electron chi connectivity index (χ1n) is 15.6. The van der Waals surface area contributed by atoms with Crippen molar-refractivity contribution in [2.45, 2.75) is 95.8 Å². The SMILES string of the molecule is CCCCCC1CCC(c2ccc(-c3ccc(/C=C/C4CCC(c5ccc(C#N)cc5)CC4)cc3)cc2)CC1. The summed E-state index contributed by atoms with van der Waals surface area (Å²) in [6, 6.07) is 29.0. The van der Waals surface area contributed by atoms with Crippen LogP contribution in [0.3, 0.4) is 0 Å². The third-order valence-electron chi connectivity index (χ3n) is 9.53. The van der Waals surface area contributed by atoms with E-state index < -0.39 is 0 Å². The van der Waals surface area contributed by atoms with Crippen LogP contribution in [0.4, 0.5) is 0 Å². The van der Waals surface area contributed by atoms with Gasteiger partial charge in [-0.05, 0) is 115 Å². The van der Waals surface area contributed by atoms with Crippen LogP contribution in [0.15, 0.2) is 78.9 Å². The van der Waals surface area contributed by atoms with Gasteiger partial charge in [0, 0.05) is 0 Å². The smallest absolute Gasteiger partial charge is 0.0991 e. The average molecular weight is 516 g/mol. The maximum Gasteiger partial charge on any atom is 0.0991 e.